The molecular formula is C11H10F3NO2. The minimum Gasteiger partial charge on any atom is -0.508 e. The van der Waals surface area contributed by atoms with Crippen LogP contribution in [0.25, 0.3) is 0 Å². The molecule has 3 nitrogen and oxygen atoms in total. The van der Waals surface area contributed by atoms with Crippen molar-refractivity contribution < 1.29 is 23.1 Å². The maximum absolute atomic E-state index is 13.4. The summed E-state index contributed by atoms with van der Waals surface area (Å²) in [6, 6.07) is 1.96. The quantitative estimate of drug-likeness (QED) is 0.821. The number of carbonyl (C=O) groups is 1. The molecule has 0 aliphatic carbocycles. The van der Waals surface area contributed by atoms with Gasteiger partial charge in [-0.3, -0.25) is 4.79 Å². The van der Waals surface area contributed by atoms with Gasteiger partial charge >= 0.3 is 0 Å². The van der Waals surface area contributed by atoms with Crippen LogP contribution in [0.5, 0.6) is 5.75 Å². The number of aryl methyl sites for hydroxylation is 1. The fourth-order valence-electron chi connectivity index (χ4n) is 1.66. The van der Waals surface area contributed by atoms with Gasteiger partial charge in [0, 0.05) is 6.07 Å². The highest BCUT2D eigenvalue weighted by Crippen LogP contribution is 2.29. The molecule has 1 heterocycles. The number of aromatic hydroxyl groups is 1. The lowest BCUT2D eigenvalue weighted by Crippen LogP contribution is -2.58. The van der Waals surface area contributed by atoms with E-state index in [0.29, 0.717) is 5.56 Å². The second kappa shape index (κ2) is 3.65. The van der Waals surface area contributed by atoms with Crippen molar-refractivity contribution in [2.75, 3.05) is 13.1 Å². The van der Waals surface area contributed by atoms with Crippen molar-refractivity contribution >= 4 is 5.91 Å². The van der Waals surface area contributed by atoms with Crippen molar-refractivity contribution in [1.82, 2.24) is 4.90 Å². The van der Waals surface area contributed by atoms with E-state index in [0.717, 1.165) is 17.0 Å². The van der Waals surface area contributed by atoms with Gasteiger partial charge in [0.25, 0.3) is 11.8 Å². The summed E-state index contributed by atoms with van der Waals surface area (Å²) in [6.07, 6.45) is 0. The highest BCUT2D eigenvalue weighted by Gasteiger charge is 2.46. The molecule has 1 aliphatic rings. The Kier molecular flexibility index (Phi) is 2.52. The zero-order valence-electron chi connectivity index (χ0n) is 9.01. The first-order valence-electron chi connectivity index (χ1n) is 4.96. The highest BCUT2D eigenvalue weighted by molar-refractivity contribution is 5.95. The molecule has 92 valence electrons. The van der Waals surface area contributed by atoms with Crippen molar-refractivity contribution in [3.63, 3.8) is 0 Å². The molecule has 6 heteroatoms. The zero-order valence-corrected chi connectivity index (χ0v) is 9.01. The number of phenols is 1. The van der Waals surface area contributed by atoms with Gasteiger partial charge in [0.15, 0.2) is 0 Å². The maximum Gasteiger partial charge on any atom is 0.282 e. The predicted octanol–water partition coefficient (Wildman–Crippen LogP) is 1.93. The number of halogens is 3. The van der Waals surface area contributed by atoms with E-state index in [1.807, 2.05) is 0 Å². The molecule has 0 unspecified atom stereocenters. The average Bonchev–Trinajstić information content (AvgIpc) is 2.19. The van der Waals surface area contributed by atoms with Crippen LogP contribution in [-0.4, -0.2) is 34.9 Å². The molecule has 0 saturated carbocycles. The Bertz CT molecular complexity index is 480. The number of carbonyl (C=O) groups excluding carboxylic acids is 1. The van der Waals surface area contributed by atoms with Crippen LogP contribution in [0.15, 0.2) is 12.1 Å². The molecule has 1 saturated heterocycles. The molecule has 1 fully saturated rings. The average molecular weight is 245 g/mol. The Morgan fingerprint density at radius 2 is 2.00 bits per heavy atom. The van der Waals surface area contributed by atoms with Crippen molar-refractivity contribution in [2.45, 2.75) is 12.8 Å². The predicted molar refractivity (Wildman–Crippen MR) is 53.7 cm³/mol. The summed E-state index contributed by atoms with van der Waals surface area (Å²) in [5.41, 5.74) is 0.0258. The lowest BCUT2D eigenvalue weighted by atomic mass is 10.1. The lowest BCUT2D eigenvalue weighted by Gasteiger charge is -2.38. The fraction of sp³-hybridized carbons (Fsp3) is 0.364. The van der Waals surface area contributed by atoms with Crippen LogP contribution in [0.4, 0.5) is 13.2 Å². The summed E-state index contributed by atoms with van der Waals surface area (Å²) >= 11 is 0. The minimum atomic E-state index is -2.88. The number of hydrogen-bond donors (Lipinski definition) is 1. The normalized spacial score (nSPS) is 17.8. The van der Waals surface area contributed by atoms with E-state index in [4.69, 9.17) is 0 Å². The van der Waals surface area contributed by atoms with E-state index in [2.05, 4.69) is 0 Å². The van der Waals surface area contributed by atoms with Crippen molar-refractivity contribution in [3.8, 4) is 5.75 Å². The van der Waals surface area contributed by atoms with E-state index in [-0.39, 0.29) is 11.3 Å². The van der Waals surface area contributed by atoms with Gasteiger partial charge in [-0.15, -0.1) is 0 Å². The third-order valence-corrected chi connectivity index (χ3v) is 2.65. The zero-order chi connectivity index (χ0) is 12.8. The maximum atomic E-state index is 13.4. The van der Waals surface area contributed by atoms with Crippen LogP contribution >= 0.6 is 0 Å². The molecule has 1 aliphatic heterocycles. The van der Waals surface area contributed by atoms with Crippen LogP contribution in [0.3, 0.4) is 0 Å². The van der Waals surface area contributed by atoms with Gasteiger partial charge in [-0.25, -0.2) is 13.2 Å². The molecule has 2 rings (SSSR count). The molecule has 1 N–H and O–H groups in total. The Balaban J connectivity index is 2.24. The van der Waals surface area contributed by atoms with Crippen LogP contribution in [-0.2, 0) is 0 Å². The largest absolute Gasteiger partial charge is 0.508 e. The Morgan fingerprint density at radius 1 is 1.41 bits per heavy atom. The monoisotopic (exact) mass is 245 g/mol. The molecular weight excluding hydrogens is 235 g/mol. The third kappa shape index (κ3) is 2.07. The van der Waals surface area contributed by atoms with Gasteiger partial charge in [0.1, 0.15) is 11.6 Å². The molecule has 0 spiro atoms. The van der Waals surface area contributed by atoms with Gasteiger partial charge in [-0.2, -0.15) is 0 Å². The number of alkyl halides is 2. The van der Waals surface area contributed by atoms with E-state index in [1.165, 1.54) is 6.92 Å². The second-order valence-corrected chi connectivity index (χ2v) is 4.14. The summed E-state index contributed by atoms with van der Waals surface area (Å²) < 4.78 is 38.6. The second-order valence-electron chi connectivity index (χ2n) is 4.14. The van der Waals surface area contributed by atoms with E-state index < -0.39 is 30.7 Å². The first-order valence-corrected chi connectivity index (χ1v) is 4.96. The van der Waals surface area contributed by atoms with Crippen LogP contribution < -0.4 is 0 Å². The van der Waals surface area contributed by atoms with Crippen LogP contribution in [0.2, 0.25) is 0 Å². The molecule has 1 aromatic rings. The first-order chi connectivity index (χ1) is 7.80. The summed E-state index contributed by atoms with van der Waals surface area (Å²) in [4.78, 5) is 12.5. The molecule has 17 heavy (non-hydrogen) atoms. The Hall–Kier alpha value is -1.72. The highest BCUT2D eigenvalue weighted by atomic mass is 19.3. The Labute approximate surface area is 95.5 Å². The van der Waals surface area contributed by atoms with E-state index in [9.17, 15) is 23.1 Å². The summed E-state index contributed by atoms with van der Waals surface area (Å²) in [5, 5.41) is 9.21. The molecule has 0 aromatic heterocycles. The van der Waals surface area contributed by atoms with Gasteiger partial charge in [-0.05, 0) is 18.6 Å². The standard InChI is InChI=1S/C11H10F3NO2/c1-6-2-7(8(12)3-9(6)16)10(17)15-4-11(13,14)5-15/h2-3,16H,4-5H2,1H3. The van der Waals surface area contributed by atoms with Crippen LogP contribution in [0, 0.1) is 12.7 Å². The van der Waals surface area contributed by atoms with Gasteiger partial charge in [0.2, 0.25) is 0 Å². The Morgan fingerprint density at radius 3 is 2.53 bits per heavy atom. The number of benzene rings is 1. The fourth-order valence-corrected chi connectivity index (χ4v) is 1.66. The third-order valence-electron chi connectivity index (χ3n) is 2.65. The van der Waals surface area contributed by atoms with E-state index >= 15 is 0 Å². The van der Waals surface area contributed by atoms with Gasteiger partial charge in [-0.1, -0.05) is 0 Å². The van der Waals surface area contributed by atoms with Crippen LogP contribution in [0.1, 0.15) is 15.9 Å². The van der Waals surface area contributed by atoms with Gasteiger partial charge in [0.05, 0.1) is 18.7 Å². The summed E-state index contributed by atoms with van der Waals surface area (Å²) in [5.74, 6) is -4.84. The first kappa shape index (κ1) is 11.8. The number of likely N-dealkylation sites (tertiary alicyclic amines) is 1. The molecule has 0 radical (unpaired) electrons. The van der Waals surface area contributed by atoms with Crippen molar-refractivity contribution in [2.24, 2.45) is 0 Å². The summed E-state index contributed by atoms with van der Waals surface area (Å²) in [6.45, 7) is 0.118. The number of phenolic OH excluding ortho intramolecular Hbond substituents is 1. The molecule has 0 atom stereocenters. The molecule has 1 amide bonds. The smallest absolute Gasteiger partial charge is 0.282 e. The minimum absolute atomic E-state index is 0.270. The van der Waals surface area contributed by atoms with Gasteiger partial charge < -0.3 is 10.0 Å². The molecule has 0 bridgehead atoms. The number of rotatable bonds is 1. The number of amides is 1. The molecule has 1 aromatic carbocycles. The topological polar surface area (TPSA) is 40.5 Å². The van der Waals surface area contributed by atoms with Crippen molar-refractivity contribution in [1.29, 1.82) is 0 Å². The summed E-state index contributed by atoms with van der Waals surface area (Å²) in [7, 11) is 0. The lowest BCUT2D eigenvalue weighted by molar-refractivity contribution is -0.113. The van der Waals surface area contributed by atoms with E-state index in [1.54, 1.807) is 0 Å². The SMILES string of the molecule is Cc1cc(C(=O)N2CC(F)(F)C2)c(F)cc1O. The number of nitrogens with zero attached hydrogens (tertiary/aromatic N) is 1. The van der Waals surface area contributed by atoms with Crippen molar-refractivity contribution in [3.05, 3.63) is 29.1 Å². The number of hydrogen-bond acceptors (Lipinski definition) is 2.